The van der Waals surface area contributed by atoms with Crippen LogP contribution in [-0.4, -0.2) is 69.4 Å². The minimum Gasteiger partial charge on any atom is -0.507 e. The highest BCUT2D eigenvalue weighted by Gasteiger charge is 2.46. The number of ether oxygens (including phenoxy) is 5. The molecule has 1 aliphatic rings. The number of benzene rings is 2. The van der Waals surface area contributed by atoms with E-state index in [1.54, 1.807) is 36.4 Å². The van der Waals surface area contributed by atoms with Crippen molar-refractivity contribution >= 4 is 17.4 Å². The summed E-state index contributed by atoms with van der Waals surface area (Å²) in [6.07, 6.45) is -0.0526. The summed E-state index contributed by atoms with van der Waals surface area (Å²) in [5, 5.41) is 11.3. The molecule has 3 rings (SSSR count). The Balaban J connectivity index is 2.22. The van der Waals surface area contributed by atoms with Gasteiger partial charge in [-0.3, -0.25) is 9.59 Å². The summed E-state index contributed by atoms with van der Waals surface area (Å²) >= 11 is 0. The Hall–Kier alpha value is -3.72. The van der Waals surface area contributed by atoms with Crippen molar-refractivity contribution < 1.29 is 38.4 Å². The average molecular weight is 486 g/mol. The quantitative estimate of drug-likeness (QED) is 0.310. The van der Waals surface area contributed by atoms with Crippen LogP contribution in [-0.2, 0) is 14.3 Å². The number of rotatable bonds is 10. The van der Waals surface area contributed by atoms with Gasteiger partial charge >= 0.3 is 0 Å². The van der Waals surface area contributed by atoms with E-state index in [2.05, 4.69) is 0 Å². The van der Waals surface area contributed by atoms with E-state index in [0.717, 1.165) is 0 Å². The van der Waals surface area contributed by atoms with Gasteiger partial charge in [-0.2, -0.15) is 0 Å². The minimum atomic E-state index is -0.911. The zero-order chi connectivity index (χ0) is 25.7. The highest BCUT2D eigenvalue weighted by atomic mass is 16.5. The Bertz CT molecular complexity index is 1100. The highest BCUT2D eigenvalue weighted by molar-refractivity contribution is 6.46. The maximum atomic E-state index is 13.2. The lowest BCUT2D eigenvalue weighted by atomic mass is 9.94. The molecule has 35 heavy (non-hydrogen) atoms. The van der Waals surface area contributed by atoms with Gasteiger partial charge in [0, 0.05) is 12.1 Å². The third-order valence-corrected chi connectivity index (χ3v) is 5.67. The van der Waals surface area contributed by atoms with E-state index >= 15 is 0 Å². The molecule has 1 fully saturated rings. The molecule has 0 saturated carbocycles. The van der Waals surface area contributed by atoms with Gasteiger partial charge in [-0.05, 0) is 43.7 Å². The zero-order valence-corrected chi connectivity index (χ0v) is 20.8. The number of methoxy groups -OCH3 is 4. The fraction of sp³-hybridized carbons (Fsp3) is 0.385. The number of aliphatic hydroxyl groups excluding tert-OH is 1. The van der Waals surface area contributed by atoms with Crippen molar-refractivity contribution in [1.29, 1.82) is 0 Å². The van der Waals surface area contributed by atoms with Crippen LogP contribution in [0.4, 0.5) is 0 Å². The Morgan fingerprint density at radius 1 is 0.971 bits per heavy atom. The topological polar surface area (TPSA) is 104 Å². The Kier molecular flexibility index (Phi) is 8.24. The molecule has 1 saturated heterocycles. The van der Waals surface area contributed by atoms with Crippen LogP contribution in [0.5, 0.6) is 23.0 Å². The molecule has 9 heteroatoms. The van der Waals surface area contributed by atoms with E-state index in [1.165, 1.54) is 33.3 Å². The number of carbonyl (C=O) groups excluding carboxylic acids is 2. The number of ketones is 1. The van der Waals surface area contributed by atoms with Crippen LogP contribution in [0.25, 0.3) is 5.76 Å². The largest absolute Gasteiger partial charge is 0.507 e. The van der Waals surface area contributed by atoms with E-state index < -0.39 is 17.7 Å². The Morgan fingerprint density at radius 2 is 1.63 bits per heavy atom. The molecule has 0 spiro atoms. The monoisotopic (exact) mass is 485 g/mol. The maximum absolute atomic E-state index is 13.2. The van der Waals surface area contributed by atoms with Crippen LogP contribution in [0, 0.1) is 0 Å². The fourth-order valence-electron chi connectivity index (χ4n) is 4.03. The molecule has 0 aliphatic carbocycles. The molecule has 1 unspecified atom stereocenters. The van der Waals surface area contributed by atoms with Crippen LogP contribution in [0.15, 0.2) is 42.0 Å². The first kappa shape index (κ1) is 25.9. The lowest BCUT2D eigenvalue weighted by molar-refractivity contribution is -0.140. The third-order valence-electron chi connectivity index (χ3n) is 5.67. The standard InChI is InChI=1S/C26H31NO8/c1-15(2)35-11-10-27-22(17-13-19(32-4)25(34-6)20(14-17)33-5)21(24(29)26(27)30)23(28)16-8-7-9-18(12-16)31-3/h7-9,12-15,22,28H,10-11H2,1-6H3/b23-21+. The third kappa shape index (κ3) is 5.19. The van der Waals surface area contributed by atoms with Crippen LogP contribution < -0.4 is 18.9 Å². The summed E-state index contributed by atoms with van der Waals surface area (Å²) in [6, 6.07) is 9.05. The number of hydrogen-bond donors (Lipinski definition) is 1. The average Bonchev–Trinajstić information content (AvgIpc) is 3.12. The lowest BCUT2D eigenvalue weighted by Gasteiger charge is -2.27. The molecule has 9 nitrogen and oxygen atoms in total. The first-order valence-corrected chi connectivity index (χ1v) is 11.1. The van der Waals surface area contributed by atoms with Crippen molar-refractivity contribution in [3.05, 3.63) is 53.1 Å². The smallest absolute Gasteiger partial charge is 0.295 e. The number of Topliss-reactive ketones (excluding diaryl/α,β-unsaturated/α-hetero) is 1. The second-order valence-corrected chi connectivity index (χ2v) is 8.10. The van der Waals surface area contributed by atoms with Crippen molar-refractivity contribution in [1.82, 2.24) is 4.90 Å². The van der Waals surface area contributed by atoms with Crippen LogP contribution >= 0.6 is 0 Å². The number of hydrogen-bond acceptors (Lipinski definition) is 8. The summed E-state index contributed by atoms with van der Waals surface area (Å²) in [6.45, 7) is 4.12. The molecular formula is C26H31NO8. The first-order valence-electron chi connectivity index (χ1n) is 11.1. The van der Waals surface area contributed by atoms with Crippen LogP contribution in [0.3, 0.4) is 0 Å². The number of carbonyl (C=O) groups is 2. The van der Waals surface area contributed by atoms with Crippen molar-refractivity contribution in [3.63, 3.8) is 0 Å². The summed E-state index contributed by atoms with van der Waals surface area (Å²) in [4.78, 5) is 27.7. The van der Waals surface area contributed by atoms with E-state index in [9.17, 15) is 14.7 Å². The number of aliphatic hydroxyl groups is 1. The van der Waals surface area contributed by atoms with Crippen LogP contribution in [0.1, 0.15) is 31.0 Å². The van der Waals surface area contributed by atoms with E-state index in [0.29, 0.717) is 34.1 Å². The van der Waals surface area contributed by atoms with Gasteiger partial charge in [-0.15, -0.1) is 0 Å². The summed E-state index contributed by atoms with van der Waals surface area (Å²) in [7, 11) is 5.94. The number of nitrogens with zero attached hydrogens (tertiary/aromatic N) is 1. The molecule has 1 atom stereocenters. The van der Waals surface area contributed by atoms with Crippen molar-refractivity contribution in [2.45, 2.75) is 26.0 Å². The van der Waals surface area contributed by atoms with Gasteiger partial charge < -0.3 is 33.7 Å². The van der Waals surface area contributed by atoms with E-state index in [-0.39, 0.29) is 30.6 Å². The minimum absolute atomic E-state index is 0.0526. The van der Waals surface area contributed by atoms with Gasteiger partial charge in [0.2, 0.25) is 5.75 Å². The fourth-order valence-corrected chi connectivity index (χ4v) is 4.03. The molecule has 1 heterocycles. The SMILES string of the molecule is COc1cccc(/C(O)=C2\C(=O)C(=O)N(CCOC(C)C)C2c2cc(OC)c(OC)c(OC)c2)c1. The molecule has 0 bridgehead atoms. The maximum Gasteiger partial charge on any atom is 0.295 e. The van der Waals surface area contributed by atoms with Crippen molar-refractivity contribution in [3.8, 4) is 23.0 Å². The van der Waals surface area contributed by atoms with Gasteiger partial charge in [0.05, 0.1) is 52.8 Å². The second kappa shape index (κ2) is 11.1. The molecule has 0 aromatic heterocycles. The van der Waals surface area contributed by atoms with Gasteiger partial charge in [-0.1, -0.05) is 12.1 Å². The summed E-state index contributed by atoms with van der Waals surface area (Å²) < 4.78 is 27.3. The predicted octanol–water partition coefficient (Wildman–Crippen LogP) is 3.57. The first-order chi connectivity index (χ1) is 16.8. The van der Waals surface area contributed by atoms with Gasteiger partial charge in [-0.25, -0.2) is 0 Å². The number of likely N-dealkylation sites (tertiary alicyclic amines) is 1. The molecule has 2 aromatic carbocycles. The highest BCUT2D eigenvalue weighted by Crippen LogP contribution is 2.45. The predicted molar refractivity (Wildman–Crippen MR) is 129 cm³/mol. The Morgan fingerprint density at radius 3 is 2.17 bits per heavy atom. The molecule has 1 aliphatic heterocycles. The molecule has 1 N–H and O–H groups in total. The Labute approximate surface area is 204 Å². The normalized spacial score (nSPS) is 17.1. The van der Waals surface area contributed by atoms with Gasteiger partial charge in [0.1, 0.15) is 11.5 Å². The van der Waals surface area contributed by atoms with E-state index in [4.69, 9.17) is 23.7 Å². The number of amides is 1. The van der Waals surface area contributed by atoms with Crippen LogP contribution in [0.2, 0.25) is 0 Å². The summed E-state index contributed by atoms with van der Waals surface area (Å²) in [5.41, 5.74) is 0.799. The van der Waals surface area contributed by atoms with Crippen molar-refractivity contribution in [2.75, 3.05) is 41.6 Å². The molecule has 188 valence electrons. The van der Waals surface area contributed by atoms with Crippen molar-refractivity contribution in [2.24, 2.45) is 0 Å². The van der Waals surface area contributed by atoms with E-state index in [1.807, 2.05) is 13.8 Å². The molecule has 0 radical (unpaired) electrons. The molecule has 1 amide bonds. The molecule has 2 aromatic rings. The van der Waals surface area contributed by atoms with Gasteiger partial charge in [0.15, 0.2) is 11.5 Å². The van der Waals surface area contributed by atoms with Gasteiger partial charge in [0.25, 0.3) is 11.7 Å². The lowest BCUT2D eigenvalue weighted by Crippen LogP contribution is -2.33. The second-order valence-electron chi connectivity index (χ2n) is 8.10. The molecular weight excluding hydrogens is 454 g/mol. The zero-order valence-electron chi connectivity index (χ0n) is 20.8. The summed E-state index contributed by atoms with van der Waals surface area (Å²) in [5.74, 6) is -0.272.